The monoisotopic (exact) mass is 267 g/mol. The number of non-ortho nitro benzene ring substituents is 1. The van der Waals surface area contributed by atoms with Crippen molar-refractivity contribution in [2.45, 2.75) is 26.4 Å². The molecule has 0 spiro atoms. The molecule has 0 aromatic heterocycles. The van der Waals surface area contributed by atoms with E-state index >= 15 is 0 Å². The van der Waals surface area contributed by atoms with Crippen molar-refractivity contribution in [2.75, 3.05) is 25.5 Å². The van der Waals surface area contributed by atoms with Gasteiger partial charge in [0, 0.05) is 44.0 Å². The van der Waals surface area contributed by atoms with Crippen molar-refractivity contribution in [1.82, 2.24) is 4.90 Å². The molecular formula is C13H21N3O3. The van der Waals surface area contributed by atoms with E-state index < -0.39 is 4.92 Å². The van der Waals surface area contributed by atoms with Gasteiger partial charge in [-0.2, -0.15) is 0 Å². The highest BCUT2D eigenvalue weighted by Gasteiger charge is 2.15. The number of benzene rings is 1. The van der Waals surface area contributed by atoms with E-state index in [0.29, 0.717) is 13.1 Å². The largest absolute Gasteiger partial charge is 0.395 e. The first kappa shape index (κ1) is 15.4. The highest BCUT2D eigenvalue weighted by molar-refractivity contribution is 5.55. The third-order valence-corrected chi connectivity index (χ3v) is 3.06. The summed E-state index contributed by atoms with van der Waals surface area (Å²) < 4.78 is 0. The lowest BCUT2D eigenvalue weighted by Crippen LogP contribution is -2.33. The lowest BCUT2D eigenvalue weighted by Gasteiger charge is -2.26. The van der Waals surface area contributed by atoms with Crippen LogP contribution in [0.2, 0.25) is 0 Å². The third-order valence-electron chi connectivity index (χ3n) is 3.06. The maximum atomic E-state index is 10.8. The van der Waals surface area contributed by atoms with Crippen LogP contribution in [0.3, 0.4) is 0 Å². The summed E-state index contributed by atoms with van der Waals surface area (Å²) in [6.07, 6.45) is 0. The van der Waals surface area contributed by atoms with E-state index in [1.54, 1.807) is 19.2 Å². The lowest BCUT2D eigenvalue weighted by molar-refractivity contribution is -0.384. The Morgan fingerprint density at radius 1 is 1.47 bits per heavy atom. The minimum atomic E-state index is -0.394. The smallest absolute Gasteiger partial charge is 0.269 e. The van der Waals surface area contributed by atoms with E-state index in [1.165, 1.54) is 6.07 Å². The second-order valence-electron chi connectivity index (χ2n) is 4.64. The fraction of sp³-hybridized carbons (Fsp3) is 0.538. The highest BCUT2D eigenvalue weighted by Crippen LogP contribution is 2.23. The number of hydrogen-bond donors (Lipinski definition) is 2. The Hall–Kier alpha value is -1.66. The van der Waals surface area contributed by atoms with Gasteiger partial charge >= 0.3 is 0 Å². The van der Waals surface area contributed by atoms with Crippen molar-refractivity contribution in [3.8, 4) is 0 Å². The molecule has 6 nitrogen and oxygen atoms in total. The van der Waals surface area contributed by atoms with E-state index in [-0.39, 0.29) is 18.3 Å². The zero-order valence-electron chi connectivity index (χ0n) is 11.6. The van der Waals surface area contributed by atoms with Crippen LogP contribution in [0.25, 0.3) is 0 Å². The van der Waals surface area contributed by atoms with Crippen LogP contribution >= 0.6 is 0 Å². The molecule has 0 aliphatic carbocycles. The maximum absolute atomic E-state index is 10.8. The van der Waals surface area contributed by atoms with Crippen molar-refractivity contribution in [3.63, 3.8) is 0 Å². The average Bonchev–Trinajstić information content (AvgIpc) is 2.37. The molecule has 19 heavy (non-hydrogen) atoms. The van der Waals surface area contributed by atoms with Crippen LogP contribution in [-0.4, -0.2) is 41.2 Å². The van der Waals surface area contributed by atoms with E-state index in [4.69, 9.17) is 5.11 Å². The average molecular weight is 267 g/mol. The summed E-state index contributed by atoms with van der Waals surface area (Å²) in [5.41, 5.74) is 1.81. The Morgan fingerprint density at radius 2 is 2.16 bits per heavy atom. The summed E-state index contributed by atoms with van der Waals surface area (Å²) >= 11 is 0. The Balaban J connectivity index is 3.01. The number of rotatable bonds is 7. The van der Waals surface area contributed by atoms with E-state index in [9.17, 15) is 10.1 Å². The summed E-state index contributed by atoms with van der Waals surface area (Å²) in [7, 11) is 1.79. The van der Waals surface area contributed by atoms with E-state index in [1.807, 2.05) is 13.8 Å². The second kappa shape index (κ2) is 7.06. The van der Waals surface area contributed by atoms with E-state index in [2.05, 4.69) is 10.2 Å². The summed E-state index contributed by atoms with van der Waals surface area (Å²) in [6.45, 7) is 5.25. The van der Waals surface area contributed by atoms with Gasteiger partial charge in [0.1, 0.15) is 0 Å². The fourth-order valence-corrected chi connectivity index (χ4v) is 1.94. The molecule has 0 saturated heterocycles. The molecule has 0 atom stereocenters. The molecule has 1 aromatic rings. The second-order valence-corrected chi connectivity index (χ2v) is 4.64. The van der Waals surface area contributed by atoms with Gasteiger partial charge in [-0.05, 0) is 25.5 Å². The first-order valence-electron chi connectivity index (χ1n) is 6.29. The minimum Gasteiger partial charge on any atom is -0.395 e. The molecule has 106 valence electrons. The molecule has 0 bridgehead atoms. The molecule has 1 rings (SSSR count). The number of nitrogens with one attached hydrogen (secondary N) is 1. The number of nitrogens with zero attached hydrogens (tertiary/aromatic N) is 2. The Labute approximate surface area is 113 Å². The van der Waals surface area contributed by atoms with Gasteiger partial charge in [0.2, 0.25) is 0 Å². The predicted octanol–water partition coefficient (Wildman–Crippen LogP) is 1.84. The molecule has 0 saturated carbocycles. The molecule has 0 aliphatic heterocycles. The van der Waals surface area contributed by atoms with Crippen LogP contribution < -0.4 is 5.32 Å². The number of aliphatic hydroxyl groups is 1. The van der Waals surface area contributed by atoms with Crippen LogP contribution in [0.4, 0.5) is 11.4 Å². The number of aliphatic hydroxyl groups excluding tert-OH is 1. The molecule has 0 radical (unpaired) electrons. The summed E-state index contributed by atoms with van der Waals surface area (Å²) in [4.78, 5) is 12.5. The Kier molecular flexibility index (Phi) is 5.72. The van der Waals surface area contributed by atoms with Gasteiger partial charge in [-0.1, -0.05) is 0 Å². The van der Waals surface area contributed by atoms with E-state index in [0.717, 1.165) is 11.3 Å². The van der Waals surface area contributed by atoms with Gasteiger partial charge in [-0.25, -0.2) is 0 Å². The van der Waals surface area contributed by atoms with Gasteiger partial charge in [0.05, 0.1) is 11.5 Å². The number of hydrogen-bond acceptors (Lipinski definition) is 5. The molecule has 0 amide bonds. The maximum Gasteiger partial charge on any atom is 0.269 e. The third kappa shape index (κ3) is 4.18. The van der Waals surface area contributed by atoms with Crippen molar-refractivity contribution < 1.29 is 10.0 Å². The number of nitro benzene ring substituents is 1. The summed E-state index contributed by atoms with van der Waals surface area (Å²) in [5, 5.41) is 22.9. The van der Waals surface area contributed by atoms with Gasteiger partial charge < -0.3 is 10.4 Å². The van der Waals surface area contributed by atoms with Crippen LogP contribution in [-0.2, 0) is 6.54 Å². The number of nitro groups is 1. The van der Waals surface area contributed by atoms with Crippen molar-refractivity contribution in [1.29, 1.82) is 0 Å². The van der Waals surface area contributed by atoms with Crippen molar-refractivity contribution in [3.05, 3.63) is 33.9 Å². The van der Waals surface area contributed by atoms with Crippen LogP contribution in [0.1, 0.15) is 19.4 Å². The quantitative estimate of drug-likeness (QED) is 0.582. The van der Waals surface area contributed by atoms with Crippen LogP contribution in [0, 0.1) is 10.1 Å². The highest BCUT2D eigenvalue weighted by atomic mass is 16.6. The van der Waals surface area contributed by atoms with Crippen LogP contribution in [0.5, 0.6) is 0 Å². The summed E-state index contributed by atoms with van der Waals surface area (Å²) in [5.74, 6) is 0. The van der Waals surface area contributed by atoms with Crippen molar-refractivity contribution in [2.24, 2.45) is 0 Å². The first-order chi connectivity index (χ1) is 8.99. The fourth-order valence-electron chi connectivity index (χ4n) is 1.94. The van der Waals surface area contributed by atoms with Gasteiger partial charge in [-0.3, -0.25) is 15.0 Å². The molecule has 0 aliphatic rings. The molecular weight excluding hydrogens is 246 g/mol. The molecule has 0 unspecified atom stereocenters. The molecule has 6 heteroatoms. The Bertz CT molecular complexity index is 435. The minimum absolute atomic E-state index is 0.0714. The normalized spacial score (nSPS) is 11.1. The SMILES string of the molecule is CNc1ccc([N+](=O)[O-])cc1CN(CCO)C(C)C. The molecule has 0 fully saturated rings. The molecule has 2 N–H and O–H groups in total. The topological polar surface area (TPSA) is 78.6 Å². The van der Waals surface area contributed by atoms with Crippen molar-refractivity contribution >= 4 is 11.4 Å². The number of anilines is 1. The first-order valence-corrected chi connectivity index (χ1v) is 6.29. The predicted molar refractivity (Wildman–Crippen MR) is 75.3 cm³/mol. The van der Waals surface area contributed by atoms with Gasteiger partial charge in [-0.15, -0.1) is 0 Å². The standard InChI is InChI=1S/C13H21N3O3/c1-10(2)15(6-7-17)9-11-8-12(16(18)19)4-5-13(11)14-3/h4-5,8,10,14,17H,6-7,9H2,1-3H3. The lowest BCUT2D eigenvalue weighted by atomic mass is 10.1. The molecule has 1 aromatic carbocycles. The van der Waals surface area contributed by atoms with Gasteiger partial charge in [0.15, 0.2) is 0 Å². The van der Waals surface area contributed by atoms with Crippen LogP contribution in [0.15, 0.2) is 18.2 Å². The Morgan fingerprint density at radius 3 is 2.63 bits per heavy atom. The summed E-state index contributed by atoms with van der Waals surface area (Å²) in [6, 6.07) is 5.04. The zero-order chi connectivity index (χ0) is 14.4. The molecule has 0 heterocycles. The van der Waals surface area contributed by atoms with Gasteiger partial charge in [0.25, 0.3) is 5.69 Å². The zero-order valence-corrected chi connectivity index (χ0v) is 11.6.